The van der Waals surface area contributed by atoms with Gasteiger partial charge in [0, 0.05) is 30.0 Å². The molecule has 5 heteroatoms. The van der Waals surface area contributed by atoms with Gasteiger partial charge in [-0.15, -0.1) is 24.0 Å². The third kappa shape index (κ3) is 3.61. The van der Waals surface area contributed by atoms with E-state index in [2.05, 4.69) is 40.2 Å². The summed E-state index contributed by atoms with van der Waals surface area (Å²) in [6.07, 6.45) is 2.48. The van der Waals surface area contributed by atoms with Crippen LogP contribution >= 0.6 is 35.7 Å². The Labute approximate surface area is 142 Å². The average molecular weight is 403 g/mol. The summed E-state index contributed by atoms with van der Waals surface area (Å²) in [5, 5.41) is 0. The molecule has 2 N–H and O–H groups in total. The third-order valence-electron chi connectivity index (χ3n) is 4.12. The van der Waals surface area contributed by atoms with Gasteiger partial charge < -0.3 is 10.6 Å². The molecular weight excluding hydrogens is 381 g/mol. The van der Waals surface area contributed by atoms with E-state index in [1.54, 1.807) is 0 Å². The summed E-state index contributed by atoms with van der Waals surface area (Å²) in [4.78, 5) is 6.89. The molecule has 20 heavy (non-hydrogen) atoms. The van der Waals surface area contributed by atoms with Gasteiger partial charge in [0.15, 0.2) is 5.96 Å². The van der Waals surface area contributed by atoms with Crippen LogP contribution in [0.5, 0.6) is 0 Å². The van der Waals surface area contributed by atoms with Gasteiger partial charge in [0.1, 0.15) is 0 Å². The molecule has 2 fully saturated rings. The summed E-state index contributed by atoms with van der Waals surface area (Å²) in [5.41, 5.74) is 7.82. The van der Waals surface area contributed by atoms with Gasteiger partial charge >= 0.3 is 0 Å². The Kier molecular flexibility index (Phi) is 5.60. The van der Waals surface area contributed by atoms with Crippen LogP contribution < -0.4 is 5.73 Å². The van der Waals surface area contributed by atoms with Crippen LogP contribution in [0.3, 0.4) is 0 Å². The van der Waals surface area contributed by atoms with Crippen LogP contribution in [-0.4, -0.2) is 42.0 Å². The molecule has 1 aromatic rings. The van der Waals surface area contributed by atoms with Crippen LogP contribution in [0, 0.1) is 0 Å². The zero-order chi connectivity index (χ0) is 13.1. The summed E-state index contributed by atoms with van der Waals surface area (Å²) in [6, 6.07) is 10.7. The number of hydrogen-bond donors (Lipinski definition) is 1. The molecule has 3 rings (SSSR count). The lowest BCUT2D eigenvalue weighted by atomic mass is 9.96. The molecule has 0 amide bonds. The van der Waals surface area contributed by atoms with E-state index >= 15 is 0 Å². The Morgan fingerprint density at radius 2 is 1.85 bits per heavy atom. The highest BCUT2D eigenvalue weighted by molar-refractivity contribution is 14.0. The summed E-state index contributed by atoms with van der Waals surface area (Å²) in [6.45, 7) is 2.92. The molecule has 1 saturated heterocycles. The van der Waals surface area contributed by atoms with E-state index in [1.165, 1.54) is 29.9 Å². The summed E-state index contributed by atoms with van der Waals surface area (Å²) in [5.74, 6) is 3.07. The largest absolute Gasteiger partial charge is 0.370 e. The summed E-state index contributed by atoms with van der Waals surface area (Å²) in [7, 11) is 0. The second kappa shape index (κ2) is 7.02. The van der Waals surface area contributed by atoms with Gasteiger partial charge in [0.05, 0.1) is 6.54 Å². The number of nitrogens with two attached hydrogens (primary N) is 1. The number of benzene rings is 1. The molecule has 1 aromatic carbocycles. The minimum atomic E-state index is 0. The van der Waals surface area contributed by atoms with Crippen LogP contribution in [-0.2, 0) is 5.41 Å². The van der Waals surface area contributed by atoms with Crippen molar-refractivity contribution in [2.24, 2.45) is 10.7 Å². The van der Waals surface area contributed by atoms with Crippen molar-refractivity contribution >= 4 is 41.7 Å². The number of rotatable bonds is 3. The SMILES string of the molecule is I.NC(=NCC1(c2ccccc2)CC1)N1CCSCC1. The van der Waals surface area contributed by atoms with Gasteiger partial charge in [0.25, 0.3) is 0 Å². The van der Waals surface area contributed by atoms with Crippen LogP contribution in [0.2, 0.25) is 0 Å². The fraction of sp³-hybridized carbons (Fsp3) is 0.533. The van der Waals surface area contributed by atoms with Crippen LogP contribution in [0.1, 0.15) is 18.4 Å². The Hall–Kier alpha value is -0.430. The van der Waals surface area contributed by atoms with E-state index in [-0.39, 0.29) is 29.4 Å². The van der Waals surface area contributed by atoms with Crippen molar-refractivity contribution in [2.45, 2.75) is 18.3 Å². The van der Waals surface area contributed by atoms with Gasteiger partial charge in [-0.3, -0.25) is 4.99 Å². The predicted molar refractivity (Wildman–Crippen MR) is 98.2 cm³/mol. The maximum Gasteiger partial charge on any atom is 0.191 e. The first-order chi connectivity index (χ1) is 9.30. The van der Waals surface area contributed by atoms with Gasteiger partial charge in [0.2, 0.25) is 0 Å². The zero-order valence-electron chi connectivity index (χ0n) is 11.6. The molecule has 0 atom stereocenters. The van der Waals surface area contributed by atoms with Crippen LogP contribution in [0.4, 0.5) is 0 Å². The van der Waals surface area contributed by atoms with E-state index in [0.29, 0.717) is 0 Å². The lowest BCUT2D eigenvalue weighted by Crippen LogP contribution is -2.43. The Balaban J connectivity index is 0.00000147. The molecule has 1 saturated carbocycles. The number of thioether (sulfide) groups is 1. The van der Waals surface area contributed by atoms with Crippen molar-refractivity contribution in [1.82, 2.24) is 4.90 Å². The van der Waals surface area contributed by atoms with Crippen LogP contribution in [0.15, 0.2) is 35.3 Å². The first kappa shape index (κ1) is 15.9. The first-order valence-corrected chi connectivity index (χ1v) is 8.14. The van der Waals surface area contributed by atoms with Crippen molar-refractivity contribution in [1.29, 1.82) is 0 Å². The topological polar surface area (TPSA) is 41.6 Å². The molecule has 2 aliphatic rings. The van der Waals surface area contributed by atoms with E-state index in [4.69, 9.17) is 5.73 Å². The van der Waals surface area contributed by atoms with Gasteiger partial charge in [-0.1, -0.05) is 30.3 Å². The van der Waals surface area contributed by atoms with Crippen molar-refractivity contribution in [2.75, 3.05) is 31.1 Å². The minimum absolute atomic E-state index is 0. The molecule has 0 spiro atoms. The maximum absolute atomic E-state index is 6.13. The minimum Gasteiger partial charge on any atom is -0.370 e. The number of halogens is 1. The molecule has 0 radical (unpaired) electrons. The zero-order valence-corrected chi connectivity index (χ0v) is 14.8. The molecular formula is C15H22IN3S. The molecule has 0 unspecified atom stereocenters. The highest BCUT2D eigenvalue weighted by Gasteiger charge is 2.44. The third-order valence-corrected chi connectivity index (χ3v) is 5.06. The first-order valence-electron chi connectivity index (χ1n) is 6.98. The number of hydrogen-bond acceptors (Lipinski definition) is 2. The number of nitrogens with zero attached hydrogens (tertiary/aromatic N) is 2. The Morgan fingerprint density at radius 1 is 1.20 bits per heavy atom. The number of aliphatic imine (C=N–C) groups is 1. The Morgan fingerprint density at radius 3 is 2.45 bits per heavy atom. The average Bonchev–Trinajstić information content (AvgIpc) is 3.28. The van der Waals surface area contributed by atoms with E-state index < -0.39 is 0 Å². The monoisotopic (exact) mass is 403 g/mol. The lowest BCUT2D eigenvalue weighted by Gasteiger charge is -2.27. The van der Waals surface area contributed by atoms with Gasteiger partial charge in [-0.25, -0.2) is 0 Å². The van der Waals surface area contributed by atoms with E-state index in [1.807, 2.05) is 11.8 Å². The Bertz CT molecular complexity index is 453. The standard InChI is InChI=1S/C15H21N3S.HI/c16-14(18-8-10-19-11-9-18)17-12-15(6-7-15)13-4-2-1-3-5-13;/h1-5H,6-12H2,(H2,16,17);1H. The fourth-order valence-corrected chi connectivity index (χ4v) is 3.51. The highest BCUT2D eigenvalue weighted by Crippen LogP contribution is 2.48. The summed E-state index contributed by atoms with van der Waals surface area (Å²) < 4.78 is 0. The van der Waals surface area contributed by atoms with Crippen LogP contribution in [0.25, 0.3) is 0 Å². The fourth-order valence-electron chi connectivity index (χ4n) is 2.61. The molecule has 0 bridgehead atoms. The number of guanidine groups is 1. The predicted octanol–water partition coefficient (Wildman–Crippen LogP) is 2.70. The molecule has 1 aliphatic heterocycles. The molecule has 1 heterocycles. The van der Waals surface area contributed by atoms with E-state index in [9.17, 15) is 0 Å². The molecule has 3 nitrogen and oxygen atoms in total. The lowest BCUT2D eigenvalue weighted by molar-refractivity contribution is 0.454. The highest BCUT2D eigenvalue weighted by atomic mass is 127. The van der Waals surface area contributed by atoms with Gasteiger partial charge in [-0.05, 0) is 18.4 Å². The second-order valence-corrected chi connectivity index (χ2v) is 6.64. The van der Waals surface area contributed by atoms with Gasteiger partial charge in [-0.2, -0.15) is 11.8 Å². The van der Waals surface area contributed by atoms with Crippen molar-refractivity contribution in [3.63, 3.8) is 0 Å². The molecule has 0 aromatic heterocycles. The normalized spacial score (nSPS) is 21.2. The molecule has 110 valence electrons. The van der Waals surface area contributed by atoms with E-state index in [0.717, 1.165) is 25.6 Å². The summed E-state index contributed by atoms with van der Waals surface area (Å²) >= 11 is 2.00. The van der Waals surface area contributed by atoms with Crippen molar-refractivity contribution in [3.05, 3.63) is 35.9 Å². The van der Waals surface area contributed by atoms with Crippen molar-refractivity contribution < 1.29 is 0 Å². The smallest absolute Gasteiger partial charge is 0.191 e. The maximum atomic E-state index is 6.13. The van der Waals surface area contributed by atoms with Crippen molar-refractivity contribution in [3.8, 4) is 0 Å². The second-order valence-electron chi connectivity index (χ2n) is 5.42. The molecule has 1 aliphatic carbocycles. The quantitative estimate of drug-likeness (QED) is 0.480.